The average molecular weight is 245 g/mol. The Morgan fingerprint density at radius 3 is 3.00 bits per heavy atom. The summed E-state index contributed by atoms with van der Waals surface area (Å²) < 4.78 is 5.39. The number of hydrogen-bond acceptors (Lipinski definition) is 3. The van der Waals surface area contributed by atoms with E-state index in [1.165, 1.54) is 0 Å². The number of hydrogen-bond donors (Lipinski definition) is 2. The Hall–Kier alpha value is -2.30. The maximum absolute atomic E-state index is 11.1. The molecule has 0 aliphatic heterocycles. The number of aryl methyl sites for hydroxylation is 1. The normalized spacial score (nSPS) is 10.1. The van der Waals surface area contributed by atoms with E-state index in [2.05, 4.69) is 15.5 Å². The quantitative estimate of drug-likeness (QED) is 0.858. The van der Waals surface area contributed by atoms with Crippen LogP contribution < -0.4 is 10.1 Å². The van der Waals surface area contributed by atoms with Crippen LogP contribution in [0.15, 0.2) is 30.5 Å². The standard InChI is InChI=1S/C13H15N3O2/c1-9-12(7-15-16-9)10-4-3-5-11(6-10)18-8-13(17)14-2/h3-7H,8H2,1-2H3,(H,14,17)(H,15,16). The summed E-state index contributed by atoms with van der Waals surface area (Å²) in [6, 6.07) is 7.58. The number of nitrogens with one attached hydrogen (secondary N) is 2. The molecule has 0 fully saturated rings. The zero-order valence-electron chi connectivity index (χ0n) is 10.4. The Kier molecular flexibility index (Phi) is 3.62. The summed E-state index contributed by atoms with van der Waals surface area (Å²) in [6.07, 6.45) is 1.77. The van der Waals surface area contributed by atoms with E-state index < -0.39 is 0 Å². The number of amides is 1. The van der Waals surface area contributed by atoms with Gasteiger partial charge in [0.25, 0.3) is 5.91 Å². The lowest BCUT2D eigenvalue weighted by atomic mass is 10.1. The van der Waals surface area contributed by atoms with Gasteiger partial charge in [0.15, 0.2) is 6.61 Å². The fraction of sp³-hybridized carbons (Fsp3) is 0.231. The van der Waals surface area contributed by atoms with Crippen molar-refractivity contribution in [1.82, 2.24) is 15.5 Å². The molecule has 0 atom stereocenters. The lowest BCUT2D eigenvalue weighted by Gasteiger charge is -2.07. The van der Waals surface area contributed by atoms with Crippen LogP contribution in [0, 0.1) is 6.92 Å². The summed E-state index contributed by atoms with van der Waals surface area (Å²) in [5.74, 6) is 0.511. The van der Waals surface area contributed by atoms with Crippen molar-refractivity contribution in [3.05, 3.63) is 36.2 Å². The first-order valence-corrected chi connectivity index (χ1v) is 5.64. The third kappa shape index (κ3) is 2.68. The molecule has 1 aromatic heterocycles. The second-order valence-electron chi connectivity index (χ2n) is 3.90. The van der Waals surface area contributed by atoms with E-state index in [1.807, 2.05) is 31.2 Å². The zero-order valence-corrected chi connectivity index (χ0v) is 10.4. The summed E-state index contributed by atoms with van der Waals surface area (Å²) in [5, 5.41) is 9.38. The fourth-order valence-corrected chi connectivity index (χ4v) is 1.62. The topological polar surface area (TPSA) is 67.0 Å². The molecule has 1 amide bonds. The predicted molar refractivity (Wildman–Crippen MR) is 68.3 cm³/mol. The van der Waals surface area contributed by atoms with Gasteiger partial charge in [0.2, 0.25) is 0 Å². The first-order valence-electron chi connectivity index (χ1n) is 5.64. The number of nitrogens with zero attached hydrogens (tertiary/aromatic N) is 1. The Labute approximate surface area is 105 Å². The van der Waals surface area contributed by atoms with Crippen LogP contribution in [0.25, 0.3) is 11.1 Å². The predicted octanol–water partition coefficient (Wildman–Crippen LogP) is 1.51. The Balaban J connectivity index is 2.15. The molecule has 94 valence electrons. The number of ether oxygens (including phenoxy) is 1. The highest BCUT2D eigenvalue weighted by atomic mass is 16.5. The molecule has 2 aromatic rings. The Bertz CT molecular complexity index is 549. The number of rotatable bonds is 4. The first kappa shape index (κ1) is 12.2. The van der Waals surface area contributed by atoms with E-state index in [0.29, 0.717) is 5.75 Å². The summed E-state index contributed by atoms with van der Waals surface area (Å²) >= 11 is 0. The largest absolute Gasteiger partial charge is 0.484 e. The van der Waals surface area contributed by atoms with Crippen LogP contribution >= 0.6 is 0 Å². The molecular weight excluding hydrogens is 230 g/mol. The summed E-state index contributed by atoms with van der Waals surface area (Å²) in [5.41, 5.74) is 3.04. The third-order valence-electron chi connectivity index (χ3n) is 2.62. The van der Waals surface area contributed by atoms with Crippen LogP contribution in [0.2, 0.25) is 0 Å². The van der Waals surface area contributed by atoms with Crippen molar-refractivity contribution in [3.8, 4) is 16.9 Å². The molecule has 2 rings (SSSR count). The molecule has 0 bridgehead atoms. The second-order valence-corrected chi connectivity index (χ2v) is 3.90. The zero-order chi connectivity index (χ0) is 13.0. The van der Waals surface area contributed by atoms with E-state index in [4.69, 9.17) is 4.74 Å². The lowest BCUT2D eigenvalue weighted by Crippen LogP contribution is -2.24. The molecule has 5 nitrogen and oxygen atoms in total. The van der Waals surface area contributed by atoms with Crippen LogP contribution in [0.1, 0.15) is 5.69 Å². The molecule has 1 heterocycles. The molecular formula is C13H15N3O2. The number of H-pyrrole nitrogens is 1. The highest BCUT2D eigenvalue weighted by Crippen LogP contribution is 2.25. The van der Waals surface area contributed by atoms with Crippen LogP contribution in [-0.2, 0) is 4.79 Å². The van der Waals surface area contributed by atoms with E-state index in [1.54, 1.807) is 13.2 Å². The van der Waals surface area contributed by atoms with Gasteiger partial charge in [-0.1, -0.05) is 12.1 Å². The minimum atomic E-state index is -0.153. The molecule has 0 radical (unpaired) electrons. The molecule has 0 spiro atoms. The number of benzene rings is 1. The molecule has 2 N–H and O–H groups in total. The van der Waals surface area contributed by atoms with Gasteiger partial charge in [-0.2, -0.15) is 5.10 Å². The maximum Gasteiger partial charge on any atom is 0.257 e. The minimum absolute atomic E-state index is 0.0182. The van der Waals surface area contributed by atoms with Gasteiger partial charge >= 0.3 is 0 Å². The lowest BCUT2D eigenvalue weighted by molar-refractivity contribution is -0.122. The van der Waals surface area contributed by atoms with Crippen molar-refractivity contribution in [2.75, 3.05) is 13.7 Å². The van der Waals surface area contributed by atoms with Gasteiger partial charge < -0.3 is 10.1 Å². The molecule has 0 unspecified atom stereocenters. The molecule has 18 heavy (non-hydrogen) atoms. The second kappa shape index (κ2) is 5.35. The van der Waals surface area contributed by atoms with Crippen molar-refractivity contribution in [1.29, 1.82) is 0 Å². The van der Waals surface area contributed by atoms with E-state index in [9.17, 15) is 4.79 Å². The average Bonchev–Trinajstić information content (AvgIpc) is 2.82. The van der Waals surface area contributed by atoms with Gasteiger partial charge in [-0.05, 0) is 24.6 Å². The number of carbonyl (C=O) groups excluding carboxylic acids is 1. The monoisotopic (exact) mass is 245 g/mol. The molecule has 0 aliphatic carbocycles. The van der Waals surface area contributed by atoms with Crippen LogP contribution in [0.3, 0.4) is 0 Å². The van der Waals surface area contributed by atoms with Crippen molar-refractivity contribution < 1.29 is 9.53 Å². The molecule has 0 saturated carbocycles. The summed E-state index contributed by atoms with van der Waals surface area (Å²) in [7, 11) is 1.58. The highest BCUT2D eigenvalue weighted by Gasteiger charge is 2.05. The van der Waals surface area contributed by atoms with Crippen molar-refractivity contribution in [3.63, 3.8) is 0 Å². The van der Waals surface area contributed by atoms with Crippen molar-refractivity contribution in [2.45, 2.75) is 6.92 Å². The molecule has 0 aliphatic rings. The number of likely N-dealkylation sites (N-methyl/N-ethyl adjacent to an activating group) is 1. The van der Waals surface area contributed by atoms with Crippen molar-refractivity contribution in [2.24, 2.45) is 0 Å². The van der Waals surface area contributed by atoms with Gasteiger partial charge in [-0.3, -0.25) is 9.89 Å². The van der Waals surface area contributed by atoms with Crippen LogP contribution in [-0.4, -0.2) is 29.8 Å². The molecule has 5 heteroatoms. The smallest absolute Gasteiger partial charge is 0.257 e. The summed E-state index contributed by atoms with van der Waals surface area (Å²) in [6.45, 7) is 1.98. The highest BCUT2D eigenvalue weighted by molar-refractivity contribution is 5.77. The van der Waals surface area contributed by atoms with E-state index >= 15 is 0 Å². The van der Waals surface area contributed by atoms with Gasteiger partial charge in [0, 0.05) is 18.3 Å². The van der Waals surface area contributed by atoms with Crippen molar-refractivity contribution >= 4 is 5.91 Å². The number of aromatic nitrogens is 2. The Morgan fingerprint density at radius 1 is 1.50 bits per heavy atom. The first-order chi connectivity index (χ1) is 8.70. The fourth-order valence-electron chi connectivity index (χ4n) is 1.62. The maximum atomic E-state index is 11.1. The van der Waals surface area contributed by atoms with Crippen LogP contribution in [0.4, 0.5) is 0 Å². The minimum Gasteiger partial charge on any atom is -0.484 e. The third-order valence-corrected chi connectivity index (χ3v) is 2.62. The molecule has 1 aromatic carbocycles. The SMILES string of the molecule is CNC(=O)COc1cccc(-c2cn[nH]c2C)c1. The van der Waals surface area contributed by atoms with E-state index in [-0.39, 0.29) is 12.5 Å². The van der Waals surface area contributed by atoms with Gasteiger partial charge in [0.1, 0.15) is 5.75 Å². The molecule has 0 saturated heterocycles. The van der Waals surface area contributed by atoms with Gasteiger partial charge in [-0.15, -0.1) is 0 Å². The van der Waals surface area contributed by atoms with Crippen LogP contribution in [0.5, 0.6) is 5.75 Å². The van der Waals surface area contributed by atoms with E-state index in [0.717, 1.165) is 16.8 Å². The summed E-state index contributed by atoms with van der Waals surface area (Å²) in [4.78, 5) is 11.1. The van der Waals surface area contributed by atoms with Gasteiger partial charge in [-0.25, -0.2) is 0 Å². The Morgan fingerprint density at radius 2 is 2.33 bits per heavy atom. The van der Waals surface area contributed by atoms with Gasteiger partial charge in [0.05, 0.1) is 6.20 Å². The number of carbonyl (C=O) groups is 1. The number of aromatic amines is 1.